The predicted molar refractivity (Wildman–Crippen MR) is 182 cm³/mol. The monoisotopic (exact) mass is 562 g/mol. The molecule has 0 aliphatic carbocycles. The third-order valence-electron chi connectivity index (χ3n) is 9.11. The molecule has 10 aromatic rings. The molecular weight excluding hydrogens is 536 g/mol. The van der Waals surface area contributed by atoms with E-state index in [1.165, 1.54) is 77.7 Å². The minimum absolute atomic E-state index is 1.17. The lowest BCUT2D eigenvalue weighted by Gasteiger charge is -2.05. The van der Waals surface area contributed by atoms with Crippen LogP contribution in [-0.2, 0) is 0 Å². The van der Waals surface area contributed by atoms with Crippen LogP contribution in [0.2, 0.25) is 0 Å². The molecule has 206 valence electrons. The van der Waals surface area contributed by atoms with Crippen molar-refractivity contribution in [3.8, 4) is 22.5 Å². The van der Waals surface area contributed by atoms with Gasteiger partial charge in [0.15, 0.2) is 0 Å². The lowest BCUT2D eigenvalue weighted by molar-refractivity contribution is 1.15. The maximum atomic E-state index is 2.40. The van der Waals surface area contributed by atoms with Crippen molar-refractivity contribution in [2.75, 3.05) is 0 Å². The molecule has 0 N–H and O–H groups in total. The van der Waals surface area contributed by atoms with Crippen LogP contribution in [0.3, 0.4) is 0 Å². The van der Waals surface area contributed by atoms with Crippen LogP contribution in [0.15, 0.2) is 158 Å². The Labute approximate surface area is 252 Å². The second kappa shape index (κ2) is 8.76. The molecule has 44 heavy (non-hydrogen) atoms. The number of nitrogens with zero attached hydrogens (tertiary/aromatic N) is 4. The van der Waals surface area contributed by atoms with Gasteiger partial charge in [0.05, 0.1) is 33.1 Å². The molecule has 0 unspecified atom stereocenters. The van der Waals surface area contributed by atoms with Crippen molar-refractivity contribution in [2.24, 2.45) is 0 Å². The number of rotatable bonds is 3. The molecule has 0 spiro atoms. The van der Waals surface area contributed by atoms with Gasteiger partial charge in [-0.15, -0.1) is 0 Å². The van der Waals surface area contributed by atoms with Crippen LogP contribution in [0.1, 0.15) is 0 Å². The molecule has 0 bridgehead atoms. The fraction of sp³-hybridized carbons (Fsp3) is 0. The average Bonchev–Trinajstić information content (AvgIpc) is 3.81. The molecule has 0 aliphatic heterocycles. The van der Waals surface area contributed by atoms with Crippen molar-refractivity contribution in [1.29, 1.82) is 0 Å². The summed E-state index contributed by atoms with van der Waals surface area (Å²) in [5.41, 5.74) is 14.3. The van der Waals surface area contributed by atoms with Gasteiger partial charge in [0, 0.05) is 22.1 Å². The predicted octanol–water partition coefficient (Wildman–Crippen LogP) is 10.1. The maximum Gasteiger partial charge on any atom is 0.123 e. The number of para-hydroxylation sites is 6. The zero-order chi connectivity index (χ0) is 28.8. The molecule has 6 aromatic carbocycles. The van der Waals surface area contributed by atoms with Crippen molar-refractivity contribution in [3.63, 3.8) is 0 Å². The van der Waals surface area contributed by atoms with Gasteiger partial charge in [-0.3, -0.25) is 17.9 Å². The van der Waals surface area contributed by atoms with Gasteiger partial charge in [0.25, 0.3) is 0 Å². The van der Waals surface area contributed by atoms with E-state index in [9.17, 15) is 0 Å². The van der Waals surface area contributed by atoms with Crippen molar-refractivity contribution in [1.82, 2.24) is 17.9 Å². The maximum absolute atomic E-state index is 2.40. The van der Waals surface area contributed by atoms with Crippen molar-refractivity contribution in [2.45, 2.75) is 0 Å². The molecule has 0 radical (unpaired) electrons. The fourth-order valence-corrected chi connectivity index (χ4v) is 7.21. The van der Waals surface area contributed by atoms with E-state index in [4.69, 9.17) is 0 Å². The first-order valence-electron chi connectivity index (χ1n) is 15.0. The number of hydrogen-bond acceptors (Lipinski definition) is 0. The molecule has 4 aromatic heterocycles. The molecule has 4 heteroatoms. The highest BCUT2D eigenvalue weighted by Crippen LogP contribution is 2.36. The van der Waals surface area contributed by atoms with E-state index >= 15 is 0 Å². The van der Waals surface area contributed by atoms with Crippen molar-refractivity contribution in [3.05, 3.63) is 158 Å². The van der Waals surface area contributed by atoms with Gasteiger partial charge < -0.3 is 0 Å². The van der Waals surface area contributed by atoms with Crippen LogP contribution >= 0.6 is 0 Å². The minimum atomic E-state index is 1.17. The summed E-state index contributed by atoms with van der Waals surface area (Å²) in [7, 11) is 0. The Balaban J connectivity index is 1.19. The normalized spacial score (nSPS) is 12.1. The second-order valence-corrected chi connectivity index (χ2v) is 11.5. The largest absolute Gasteiger partial charge is 0.294 e. The summed E-state index contributed by atoms with van der Waals surface area (Å²) in [6.07, 6.45) is 0. The number of fused-ring (bicyclic) bond motifs is 10. The molecule has 0 amide bonds. The highest BCUT2D eigenvalue weighted by Gasteiger charge is 2.18. The van der Waals surface area contributed by atoms with Crippen LogP contribution in [0.5, 0.6) is 0 Å². The van der Waals surface area contributed by atoms with E-state index in [2.05, 4.69) is 176 Å². The molecule has 4 heterocycles. The molecular formula is C40H26N4. The highest BCUT2D eigenvalue weighted by atomic mass is 15.1. The van der Waals surface area contributed by atoms with E-state index < -0.39 is 0 Å². The summed E-state index contributed by atoms with van der Waals surface area (Å²) >= 11 is 0. The van der Waals surface area contributed by atoms with E-state index in [1.54, 1.807) is 0 Å². The molecule has 0 atom stereocenters. The van der Waals surface area contributed by atoms with Gasteiger partial charge in [0.2, 0.25) is 0 Å². The molecule has 0 fully saturated rings. The smallest absolute Gasteiger partial charge is 0.123 e. The molecule has 0 aliphatic rings. The topological polar surface area (TPSA) is 18.7 Å². The zero-order valence-corrected chi connectivity index (χ0v) is 23.8. The number of hydrogen-bond donors (Lipinski definition) is 0. The number of benzene rings is 6. The van der Waals surface area contributed by atoms with Gasteiger partial charge in [0.1, 0.15) is 11.3 Å². The SMILES string of the molecule is c1ccc(-n2c3ccccc3n3c4ccc(-c5ccc6cc7n(-c8ccccc8)c8ccccc8n7c6c5)cc4cc23)cc1. The Morgan fingerprint density at radius 3 is 1.39 bits per heavy atom. The van der Waals surface area contributed by atoms with E-state index in [-0.39, 0.29) is 0 Å². The molecule has 0 saturated carbocycles. The fourth-order valence-electron chi connectivity index (χ4n) is 7.21. The lowest BCUT2D eigenvalue weighted by atomic mass is 10.0. The molecule has 4 nitrogen and oxygen atoms in total. The summed E-state index contributed by atoms with van der Waals surface area (Å²) in [6, 6.07) is 57.0. The quantitative estimate of drug-likeness (QED) is 0.204. The highest BCUT2D eigenvalue weighted by molar-refractivity contribution is 6.00. The first-order valence-corrected chi connectivity index (χ1v) is 15.0. The Bertz CT molecular complexity index is 2700. The number of aromatic nitrogens is 4. The van der Waals surface area contributed by atoms with Crippen molar-refractivity contribution < 1.29 is 0 Å². The van der Waals surface area contributed by atoms with Gasteiger partial charge in [-0.2, -0.15) is 0 Å². The summed E-state index contributed by atoms with van der Waals surface area (Å²) in [5.74, 6) is 0. The van der Waals surface area contributed by atoms with Crippen LogP contribution in [-0.4, -0.2) is 17.9 Å². The van der Waals surface area contributed by atoms with Gasteiger partial charge in [-0.25, -0.2) is 0 Å². The summed E-state index contributed by atoms with van der Waals surface area (Å²) < 4.78 is 9.52. The van der Waals surface area contributed by atoms with Crippen LogP contribution in [0, 0.1) is 0 Å². The van der Waals surface area contributed by atoms with E-state index in [1.807, 2.05) is 0 Å². The lowest BCUT2D eigenvalue weighted by Crippen LogP contribution is -1.92. The zero-order valence-electron chi connectivity index (χ0n) is 23.8. The van der Waals surface area contributed by atoms with Gasteiger partial charge >= 0.3 is 0 Å². The second-order valence-electron chi connectivity index (χ2n) is 11.5. The van der Waals surface area contributed by atoms with E-state index in [0.717, 1.165) is 0 Å². The average molecular weight is 563 g/mol. The van der Waals surface area contributed by atoms with E-state index in [0.29, 0.717) is 0 Å². The summed E-state index contributed by atoms with van der Waals surface area (Å²) in [5, 5.41) is 2.47. The summed E-state index contributed by atoms with van der Waals surface area (Å²) in [4.78, 5) is 0. The minimum Gasteiger partial charge on any atom is -0.294 e. The van der Waals surface area contributed by atoms with Crippen molar-refractivity contribution >= 4 is 55.2 Å². The molecule has 0 saturated heterocycles. The first kappa shape index (κ1) is 23.6. The Hall–Kier alpha value is -6.00. The third-order valence-corrected chi connectivity index (χ3v) is 9.11. The Morgan fingerprint density at radius 1 is 0.295 bits per heavy atom. The van der Waals surface area contributed by atoms with Crippen LogP contribution < -0.4 is 0 Å². The Kier molecular flexibility index (Phi) is 4.69. The standard InChI is InChI=1S/C40H26N4/c1-3-11-31(12-4-1)41-35-16-8-10-18-37(35)44-38-24-28(19-20-29(38)25-39(41)44)27-21-22-33-30(23-27)26-40-42(32-13-5-2-6-14-32)34-15-7-9-17-36(34)43(33)40/h1-26H. The third kappa shape index (κ3) is 3.17. The Morgan fingerprint density at radius 2 is 0.773 bits per heavy atom. The first-order chi connectivity index (χ1) is 21.8. The van der Waals surface area contributed by atoms with Crippen LogP contribution in [0.25, 0.3) is 77.7 Å². The van der Waals surface area contributed by atoms with Crippen LogP contribution in [0.4, 0.5) is 0 Å². The number of imidazole rings is 2. The molecule has 10 rings (SSSR count). The van der Waals surface area contributed by atoms with Gasteiger partial charge in [-0.1, -0.05) is 78.9 Å². The van der Waals surface area contributed by atoms with Gasteiger partial charge in [-0.05, 0) is 90.0 Å². The summed E-state index contributed by atoms with van der Waals surface area (Å²) in [6.45, 7) is 0.